The first-order chi connectivity index (χ1) is 11.6. The lowest BCUT2D eigenvalue weighted by molar-refractivity contribution is 0.0598. The van der Waals surface area contributed by atoms with Gasteiger partial charge >= 0.3 is 5.97 Å². The van der Waals surface area contributed by atoms with Gasteiger partial charge < -0.3 is 14.5 Å². The number of hydrogen-bond donors (Lipinski definition) is 1. The lowest BCUT2D eigenvalue weighted by atomic mass is 10.2. The monoisotopic (exact) mass is 325 g/mol. The van der Waals surface area contributed by atoms with E-state index in [2.05, 4.69) is 20.0 Å². The maximum Gasteiger partial charge on any atom is 0.341 e. The van der Waals surface area contributed by atoms with Crippen molar-refractivity contribution in [3.63, 3.8) is 0 Å². The van der Waals surface area contributed by atoms with Crippen LogP contribution < -0.4 is 5.32 Å². The summed E-state index contributed by atoms with van der Waals surface area (Å²) < 4.78 is 10.1. The van der Waals surface area contributed by atoms with E-state index in [1.807, 2.05) is 18.2 Å². The molecule has 2 aromatic heterocycles. The van der Waals surface area contributed by atoms with Crippen molar-refractivity contribution in [1.82, 2.24) is 15.3 Å². The molecule has 7 nitrogen and oxygen atoms in total. The molecule has 0 spiro atoms. The van der Waals surface area contributed by atoms with Crippen LogP contribution in [0.4, 0.5) is 0 Å². The number of amides is 1. The van der Waals surface area contributed by atoms with Crippen molar-refractivity contribution in [3.8, 4) is 0 Å². The van der Waals surface area contributed by atoms with Gasteiger partial charge in [-0.15, -0.1) is 0 Å². The molecule has 0 bridgehead atoms. The number of carbonyl (C=O) groups excluding carboxylic acids is 2. The van der Waals surface area contributed by atoms with E-state index < -0.39 is 5.97 Å². The fourth-order valence-corrected chi connectivity index (χ4v) is 2.27. The quantitative estimate of drug-likeness (QED) is 0.739. The molecule has 1 N–H and O–H groups in total. The second kappa shape index (κ2) is 6.49. The zero-order valence-corrected chi connectivity index (χ0v) is 13.2. The minimum absolute atomic E-state index is 0.130. The predicted octanol–water partition coefficient (Wildman–Crippen LogP) is 2.25. The van der Waals surface area contributed by atoms with Crippen molar-refractivity contribution < 1.29 is 18.7 Å². The van der Waals surface area contributed by atoms with Gasteiger partial charge in [-0.25, -0.2) is 9.78 Å². The van der Waals surface area contributed by atoms with Crippen LogP contribution in [0.3, 0.4) is 0 Å². The number of hydrogen-bond acceptors (Lipinski definition) is 6. The first-order valence-electron chi connectivity index (χ1n) is 7.26. The van der Waals surface area contributed by atoms with Crippen LogP contribution in [0.25, 0.3) is 11.0 Å². The Balaban J connectivity index is 1.71. The molecule has 0 atom stereocenters. The highest BCUT2D eigenvalue weighted by Crippen LogP contribution is 2.15. The number of nitrogens with zero attached hydrogens (tertiary/aromatic N) is 2. The highest BCUT2D eigenvalue weighted by atomic mass is 16.5. The molecule has 7 heteroatoms. The maximum atomic E-state index is 12.2. The van der Waals surface area contributed by atoms with Gasteiger partial charge in [0.15, 0.2) is 0 Å². The average molecular weight is 325 g/mol. The third kappa shape index (κ3) is 3.10. The second-order valence-corrected chi connectivity index (χ2v) is 5.10. The highest BCUT2D eigenvalue weighted by molar-refractivity contribution is 5.94. The van der Waals surface area contributed by atoms with Crippen LogP contribution >= 0.6 is 0 Å². The second-order valence-electron chi connectivity index (χ2n) is 5.10. The Morgan fingerprint density at radius 2 is 2.00 bits per heavy atom. The summed E-state index contributed by atoms with van der Waals surface area (Å²) in [7, 11) is 1.30. The lowest BCUT2D eigenvalue weighted by Gasteiger charge is -2.03. The van der Waals surface area contributed by atoms with Crippen LogP contribution in [-0.4, -0.2) is 29.0 Å². The summed E-state index contributed by atoms with van der Waals surface area (Å²) in [5, 5.41) is 2.69. The van der Waals surface area contributed by atoms with Crippen molar-refractivity contribution in [2.24, 2.45) is 0 Å². The molecule has 24 heavy (non-hydrogen) atoms. The molecule has 1 aromatic carbocycles. The van der Waals surface area contributed by atoms with Gasteiger partial charge in [-0.3, -0.25) is 9.78 Å². The summed E-state index contributed by atoms with van der Waals surface area (Å²) in [5.74, 6) is 0.0442. The topological polar surface area (TPSA) is 94.3 Å². The summed E-state index contributed by atoms with van der Waals surface area (Å²) in [4.78, 5) is 32.2. The molecule has 0 saturated heterocycles. The van der Waals surface area contributed by atoms with E-state index >= 15 is 0 Å². The molecule has 0 aliphatic heterocycles. The Bertz CT molecular complexity index is 917. The summed E-state index contributed by atoms with van der Waals surface area (Å²) in [6.07, 6.45) is 1.42. The Morgan fingerprint density at radius 3 is 2.75 bits per heavy atom. The van der Waals surface area contributed by atoms with Crippen LogP contribution in [0, 0.1) is 6.92 Å². The number of para-hydroxylation sites is 2. The van der Waals surface area contributed by atoms with E-state index in [9.17, 15) is 9.59 Å². The standard InChI is InChI=1S/C17H15N3O4/c1-10-12(17(22)23-2)7-11(24-10)8-19-16(21)15-9-18-13-5-3-4-6-14(13)20-15/h3-7,9H,8H2,1-2H3,(H,19,21). The molecule has 3 rings (SSSR count). The van der Waals surface area contributed by atoms with Crippen molar-refractivity contribution >= 4 is 22.9 Å². The van der Waals surface area contributed by atoms with Gasteiger partial charge in [0, 0.05) is 0 Å². The summed E-state index contributed by atoms with van der Waals surface area (Å²) in [5.41, 5.74) is 1.92. The number of furan rings is 1. The largest absolute Gasteiger partial charge is 0.465 e. The number of aryl methyl sites for hydroxylation is 1. The fraction of sp³-hybridized carbons (Fsp3) is 0.176. The first kappa shape index (κ1) is 15.7. The van der Waals surface area contributed by atoms with Crippen LogP contribution in [0.5, 0.6) is 0 Å². The SMILES string of the molecule is COC(=O)c1cc(CNC(=O)c2cnc3ccccc3n2)oc1C. The minimum Gasteiger partial charge on any atom is -0.465 e. The zero-order valence-electron chi connectivity index (χ0n) is 13.2. The van der Waals surface area contributed by atoms with Gasteiger partial charge in [-0.1, -0.05) is 12.1 Å². The minimum atomic E-state index is -0.478. The van der Waals surface area contributed by atoms with Gasteiger partial charge in [0.05, 0.1) is 30.9 Å². The van der Waals surface area contributed by atoms with E-state index in [4.69, 9.17) is 4.42 Å². The van der Waals surface area contributed by atoms with Crippen molar-refractivity contribution in [3.05, 3.63) is 59.3 Å². The lowest BCUT2D eigenvalue weighted by Crippen LogP contribution is -2.23. The van der Waals surface area contributed by atoms with Gasteiger partial charge in [-0.05, 0) is 25.1 Å². The molecule has 0 radical (unpaired) electrons. The number of rotatable bonds is 4. The Labute approximate surface area is 137 Å². The van der Waals surface area contributed by atoms with Crippen molar-refractivity contribution in [2.75, 3.05) is 7.11 Å². The highest BCUT2D eigenvalue weighted by Gasteiger charge is 2.16. The smallest absolute Gasteiger partial charge is 0.341 e. The molecule has 0 saturated carbocycles. The van der Waals surface area contributed by atoms with Crippen molar-refractivity contribution in [1.29, 1.82) is 0 Å². The normalized spacial score (nSPS) is 10.6. The van der Waals surface area contributed by atoms with E-state index in [1.165, 1.54) is 13.3 Å². The van der Waals surface area contributed by atoms with Crippen molar-refractivity contribution in [2.45, 2.75) is 13.5 Å². The van der Waals surface area contributed by atoms with Crippen LogP contribution in [0.2, 0.25) is 0 Å². The van der Waals surface area contributed by atoms with Crippen LogP contribution in [0.1, 0.15) is 32.4 Å². The molecule has 0 aliphatic carbocycles. The molecular formula is C17H15N3O4. The van der Waals surface area contributed by atoms with Gasteiger partial charge in [0.25, 0.3) is 5.91 Å². The zero-order chi connectivity index (χ0) is 17.1. The number of ether oxygens (including phenoxy) is 1. The number of nitrogens with one attached hydrogen (secondary N) is 1. The molecule has 0 fully saturated rings. The summed E-state index contributed by atoms with van der Waals surface area (Å²) in [6.45, 7) is 1.79. The number of methoxy groups -OCH3 is 1. The summed E-state index contributed by atoms with van der Waals surface area (Å²) >= 11 is 0. The molecule has 3 aromatic rings. The van der Waals surface area contributed by atoms with E-state index in [0.29, 0.717) is 22.6 Å². The van der Waals surface area contributed by atoms with Gasteiger partial charge in [-0.2, -0.15) is 0 Å². The number of benzene rings is 1. The number of fused-ring (bicyclic) bond motifs is 1. The van der Waals surface area contributed by atoms with E-state index in [0.717, 1.165) is 5.52 Å². The Kier molecular flexibility index (Phi) is 4.24. The maximum absolute atomic E-state index is 12.2. The molecule has 1 amide bonds. The molecule has 2 heterocycles. The fourth-order valence-electron chi connectivity index (χ4n) is 2.27. The third-order valence-corrected chi connectivity index (χ3v) is 3.48. The number of esters is 1. The Hall–Kier alpha value is -3.22. The van der Waals surface area contributed by atoms with E-state index in [-0.39, 0.29) is 18.1 Å². The van der Waals surface area contributed by atoms with Crippen LogP contribution in [0.15, 0.2) is 40.9 Å². The number of aromatic nitrogens is 2. The van der Waals surface area contributed by atoms with Gasteiger partial charge in [0.2, 0.25) is 0 Å². The predicted molar refractivity (Wildman–Crippen MR) is 85.5 cm³/mol. The first-order valence-corrected chi connectivity index (χ1v) is 7.26. The van der Waals surface area contributed by atoms with E-state index in [1.54, 1.807) is 19.1 Å². The summed E-state index contributed by atoms with van der Waals surface area (Å²) in [6, 6.07) is 8.85. The third-order valence-electron chi connectivity index (χ3n) is 3.48. The van der Waals surface area contributed by atoms with Gasteiger partial charge in [0.1, 0.15) is 22.8 Å². The average Bonchev–Trinajstić information content (AvgIpc) is 2.99. The number of carbonyl (C=O) groups is 2. The Morgan fingerprint density at radius 1 is 1.25 bits per heavy atom. The molecule has 0 unspecified atom stereocenters. The molecule has 0 aliphatic rings. The molecular weight excluding hydrogens is 310 g/mol. The van der Waals surface area contributed by atoms with Crippen LogP contribution in [-0.2, 0) is 11.3 Å². The molecule has 122 valence electrons.